The van der Waals surface area contributed by atoms with E-state index >= 15 is 0 Å². The predicted molar refractivity (Wildman–Crippen MR) is 54.3 cm³/mol. The lowest BCUT2D eigenvalue weighted by molar-refractivity contribution is 0.195. The first-order valence-electron chi connectivity index (χ1n) is 4.02. The Morgan fingerprint density at radius 1 is 1.42 bits per heavy atom. The maximum atomic E-state index is 9.17. The van der Waals surface area contributed by atoms with E-state index in [0.717, 1.165) is 10.9 Å². The second-order valence-electron chi connectivity index (χ2n) is 3.19. The van der Waals surface area contributed by atoms with Crippen molar-refractivity contribution >= 4 is 15.9 Å². The monoisotopic (exact) mass is 228 g/mol. The lowest BCUT2D eigenvalue weighted by Crippen LogP contribution is -2.04. The van der Waals surface area contributed by atoms with Crippen LogP contribution in [0.3, 0.4) is 0 Å². The Bertz CT molecular complexity index is 248. The molecule has 0 fully saturated rings. The van der Waals surface area contributed by atoms with Crippen LogP contribution in [0.15, 0.2) is 22.7 Å². The van der Waals surface area contributed by atoms with Gasteiger partial charge < -0.3 is 5.11 Å². The number of hydrogen-bond acceptors (Lipinski definition) is 1. The minimum absolute atomic E-state index is 0.265. The first-order chi connectivity index (χ1) is 5.58. The van der Waals surface area contributed by atoms with Gasteiger partial charge in [0, 0.05) is 4.47 Å². The highest BCUT2D eigenvalue weighted by molar-refractivity contribution is 9.10. The van der Waals surface area contributed by atoms with Crippen LogP contribution in [-0.4, -0.2) is 11.2 Å². The van der Waals surface area contributed by atoms with Crippen LogP contribution in [0.2, 0.25) is 0 Å². The number of aliphatic hydroxyl groups excluding tert-OH is 1. The molecule has 0 aliphatic heterocycles. The molecule has 0 radical (unpaired) electrons. The van der Waals surface area contributed by atoms with Crippen LogP contribution in [0.1, 0.15) is 18.1 Å². The Morgan fingerprint density at radius 3 is 2.58 bits per heavy atom. The molecule has 1 aromatic rings. The second-order valence-corrected chi connectivity index (χ2v) is 4.11. The summed E-state index contributed by atoms with van der Waals surface area (Å²) in [5.74, 6) is 0. The molecule has 0 aliphatic rings. The predicted octanol–water partition coefficient (Wildman–Crippen LogP) is 2.68. The highest BCUT2D eigenvalue weighted by Crippen LogP contribution is 2.16. The van der Waals surface area contributed by atoms with Crippen molar-refractivity contribution in [1.29, 1.82) is 0 Å². The van der Waals surface area contributed by atoms with Crippen LogP contribution < -0.4 is 0 Å². The number of aryl methyl sites for hydroxylation is 1. The largest absolute Gasteiger partial charge is 0.393 e. The van der Waals surface area contributed by atoms with E-state index in [1.807, 2.05) is 6.07 Å². The quantitative estimate of drug-likeness (QED) is 0.826. The summed E-state index contributed by atoms with van der Waals surface area (Å²) in [6.07, 6.45) is 0.457. The number of halogens is 1. The fourth-order valence-corrected chi connectivity index (χ4v) is 1.93. The van der Waals surface area contributed by atoms with Crippen molar-refractivity contribution in [2.45, 2.75) is 26.4 Å². The zero-order valence-corrected chi connectivity index (χ0v) is 8.93. The summed E-state index contributed by atoms with van der Waals surface area (Å²) in [6.45, 7) is 3.85. The van der Waals surface area contributed by atoms with Gasteiger partial charge in [-0.3, -0.25) is 0 Å². The average molecular weight is 229 g/mol. The average Bonchev–Trinajstić information content (AvgIpc) is 1.81. The summed E-state index contributed by atoms with van der Waals surface area (Å²) in [4.78, 5) is 0. The van der Waals surface area contributed by atoms with Crippen molar-refractivity contribution in [2.75, 3.05) is 0 Å². The van der Waals surface area contributed by atoms with Gasteiger partial charge in [-0.15, -0.1) is 0 Å². The minimum Gasteiger partial charge on any atom is -0.393 e. The number of rotatable bonds is 2. The van der Waals surface area contributed by atoms with Gasteiger partial charge in [0.1, 0.15) is 0 Å². The van der Waals surface area contributed by atoms with Crippen LogP contribution in [0.25, 0.3) is 0 Å². The topological polar surface area (TPSA) is 20.2 Å². The molecular weight excluding hydrogens is 216 g/mol. The Balaban J connectivity index is 2.85. The van der Waals surface area contributed by atoms with Gasteiger partial charge in [-0.1, -0.05) is 22.0 Å². The Hall–Kier alpha value is -0.340. The van der Waals surface area contributed by atoms with E-state index in [9.17, 15) is 5.11 Å². The van der Waals surface area contributed by atoms with Crippen LogP contribution in [-0.2, 0) is 6.42 Å². The maximum Gasteiger partial charge on any atom is 0.0552 e. The highest BCUT2D eigenvalue weighted by Gasteiger charge is 2.00. The van der Waals surface area contributed by atoms with Crippen molar-refractivity contribution in [2.24, 2.45) is 0 Å². The summed E-state index contributed by atoms with van der Waals surface area (Å²) in [5, 5.41) is 9.17. The van der Waals surface area contributed by atoms with Gasteiger partial charge in [0.25, 0.3) is 0 Å². The Labute approximate surface area is 81.6 Å². The van der Waals surface area contributed by atoms with E-state index in [0.29, 0.717) is 0 Å². The van der Waals surface area contributed by atoms with Gasteiger partial charge in [-0.2, -0.15) is 0 Å². The van der Waals surface area contributed by atoms with Gasteiger partial charge >= 0.3 is 0 Å². The molecule has 1 N–H and O–H groups in total. The molecule has 1 aromatic carbocycles. The van der Waals surface area contributed by atoms with Gasteiger partial charge in [0.05, 0.1) is 6.10 Å². The Morgan fingerprint density at radius 2 is 2.08 bits per heavy atom. The van der Waals surface area contributed by atoms with Crippen LogP contribution in [0, 0.1) is 6.92 Å². The first kappa shape index (κ1) is 9.75. The molecule has 0 spiro atoms. The molecule has 12 heavy (non-hydrogen) atoms. The molecule has 0 saturated heterocycles. The zero-order chi connectivity index (χ0) is 9.14. The second kappa shape index (κ2) is 4.06. The van der Waals surface area contributed by atoms with Crippen LogP contribution in [0.5, 0.6) is 0 Å². The third-order valence-electron chi connectivity index (χ3n) is 1.63. The van der Waals surface area contributed by atoms with E-state index in [1.54, 1.807) is 6.92 Å². The summed E-state index contributed by atoms with van der Waals surface area (Å²) >= 11 is 3.42. The molecule has 1 atom stereocenters. The number of aliphatic hydroxyl groups is 1. The molecule has 66 valence electrons. The smallest absolute Gasteiger partial charge is 0.0552 e. The third-order valence-corrected chi connectivity index (χ3v) is 2.09. The Kier molecular flexibility index (Phi) is 3.29. The fourth-order valence-electron chi connectivity index (χ4n) is 1.27. The molecule has 1 rings (SSSR count). The lowest BCUT2D eigenvalue weighted by Gasteiger charge is -2.05. The highest BCUT2D eigenvalue weighted by atomic mass is 79.9. The van der Waals surface area contributed by atoms with E-state index < -0.39 is 0 Å². The summed E-state index contributed by atoms with van der Waals surface area (Å²) in [7, 11) is 0. The summed E-state index contributed by atoms with van der Waals surface area (Å²) in [6, 6.07) is 6.20. The number of benzene rings is 1. The van der Waals surface area contributed by atoms with E-state index in [-0.39, 0.29) is 6.10 Å². The summed E-state index contributed by atoms with van der Waals surface area (Å²) < 4.78 is 1.08. The molecule has 0 heterocycles. The molecule has 0 aliphatic carbocycles. The molecule has 0 bridgehead atoms. The van der Waals surface area contributed by atoms with Crippen molar-refractivity contribution in [3.8, 4) is 0 Å². The fraction of sp³-hybridized carbons (Fsp3) is 0.400. The van der Waals surface area contributed by atoms with Crippen LogP contribution >= 0.6 is 15.9 Å². The zero-order valence-electron chi connectivity index (χ0n) is 7.34. The third kappa shape index (κ3) is 2.95. The van der Waals surface area contributed by atoms with Crippen LogP contribution in [0.4, 0.5) is 0 Å². The molecule has 1 nitrogen and oxygen atoms in total. The van der Waals surface area contributed by atoms with Gasteiger partial charge in [-0.25, -0.2) is 0 Å². The van der Waals surface area contributed by atoms with Gasteiger partial charge in [0.15, 0.2) is 0 Å². The maximum absolute atomic E-state index is 9.17. The molecule has 2 heteroatoms. The lowest BCUT2D eigenvalue weighted by atomic mass is 10.1. The van der Waals surface area contributed by atoms with Crippen molar-refractivity contribution < 1.29 is 5.11 Å². The van der Waals surface area contributed by atoms with Gasteiger partial charge in [-0.05, 0) is 43.5 Å². The van der Waals surface area contributed by atoms with Crippen molar-refractivity contribution in [3.63, 3.8) is 0 Å². The molecule has 1 unspecified atom stereocenters. The van der Waals surface area contributed by atoms with Crippen molar-refractivity contribution in [1.82, 2.24) is 0 Å². The minimum atomic E-state index is -0.265. The summed E-state index contributed by atoms with van der Waals surface area (Å²) in [5.41, 5.74) is 2.40. The molecule has 0 amide bonds. The molecular formula is C10H13BrO. The van der Waals surface area contributed by atoms with Gasteiger partial charge in [0.2, 0.25) is 0 Å². The molecule has 0 aromatic heterocycles. The van der Waals surface area contributed by atoms with Crippen molar-refractivity contribution in [3.05, 3.63) is 33.8 Å². The SMILES string of the molecule is Cc1cc(Br)cc(CC(C)O)c1. The first-order valence-corrected chi connectivity index (χ1v) is 4.81. The van der Waals surface area contributed by atoms with E-state index in [2.05, 4.69) is 35.0 Å². The number of hydrogen-bond donors (Lipinski definition) is 1. The normalized spacial score (nSPS) is 13.0. The van der Waals surface area contributed by atoms with E-state index in [1.165, 1.54) is 11.1 Å². The van der Waals surface area contributed by atoms with E-state index in [4.69, 9.17) is 0 Å². The standard InChI is InChI=1S/C10H13BrO/c1-7-3-9(5-8(2)12)6-10(11)4-7/h3-4,6,8,12H,5H2,1-2H3. The molecule has 0 saturated carbocycles.